The maximum Gasteiger partial charge on any atom is 0.326 e. The number of esters is 1. The van der Waals surface area contributed by atoms with Crippen LogP contribution < -0.4 is 4.74 Å². The lowest BCUT2D eigenvalue weighted by atomic mass is 10.1. The lowest BCUT2D eigenvalue weighted by Crippen LogP contribution is -2.34. The van der Waals surface area contributed by atoms with E-state index >= 15 is 0 Å². The molecule has 2 aromatic carbocycles. The van der Waals surface area contributed by atoms with Crippen molar-refractivity contribution in [3.05, 3.63) is 68.8 Å². The minimum Gasteiger partial charge on any atom is -0.488 e. The number of hydrogen-bond acceptors (Lipinski definition) is 6. The average molecular weight is 522 g/mol. The van der Waals surface area contributed by atoms with E-state index in [9.17, 15) is 18.8 Å². The molecule has 1 aliphatic rings. The van der Waals surface area contributed by atoms with E-state index in [-0.39, 0.29) is 29.9 Å². The van der Waals surface area contributed by atoms with Crippen LogP contribution in [-0.2, 0) is 20.9 Å². The number of thioether (sulfide) groups is 1. The highest BCUT2D eigenvalue weighted by Gasteiger charge is 2.36. The number of hydrogen-bond donors (Lipinski definition) is 0. The number of benzene rings is 2. The first-order chi connectivity index (χ1) is 15.2. The topological polar surface area (TPSA) is 72.9 Å². The standard InChI is InChI=1S/C23H21BrFNO5S/c1-14(2)12-31-21(27)11-26-22(28)20(32-23(26)29)10-16-9-17(24)7-8-19(16)30-13-15-5-3-4-6-18(15)25/h3-10,14H,11-13H2,1-2H3/b20-10-. The van der Waals surface area contributed by atoms with Gasteiger partial charge in [-0.3, -0.25) is 19.3 Å². The minimum atomic E-state index is -0.640. The molecule has 0 aromatic heterocycles. The average Bonchev–Trinajstić information content (AvgIpc) is 3.00. The molecule has 1 saturated heterocycles. The third kappa shape index (κ3) is 6.20. The molecule has 0 saturated carbocycles. The largest absolute Gasteiger partial charge is 0.488 e. The number of halogens is 2. The molecule has 0 bridgehead atoms. The molecule has 2 amide bonds. The zero-order valence-corrected chi connectivity index (χ0v) is 19.9. The molecule has 2 aromatic rings. The number of ether oxygens (including phenoxy) is 2. The second kappa shape index (κ2) is 10.8. The number of carbonyl (C=O) groups excluding carboxylic acids is 3. The van der Waals surface area contributed by atoms with Crippen LogP contribution in [0.2, 0.25) is 0 Å². The third-order valence-corrected chi connectivity index (χ3v) is 5.74. The van der Waals surface area contributed by atoms with E-state index in [4.69, 9.17) is 9.47 Å². The summed E-state index contributed by atoms with van der Waals surface area (Å²) in [6, 6.07) is 11.4. The van der Waals surface area contributed by atoms with Crippen molar-refractivity contribution in [3.63, 3.8) is 0 Å². The summed E-state index contributed by atoms with van der Waals surface area (Å²) < 4.78 is 25.5. The smallest absolute Gasteiger partial charge is 0.326 e. The van der Waals surface area contributed by atoms with Crippen LogP contribution in [0.3, 0.4) is 0 Å². The van der Waals surface area contributed by atoms with E-state index in [2.05, 4.69) is 15.9 Å². The number of carbonyl (C=O) groups is 3. The Balaban J connectivity index is 1.76. The summed E-state index contributed by atoms with van der Waals surface area (Å²) in [4.78, 5) is 38.0. The second-order valence-electron chi connectivity index (χ2n) is 7.41. The van der Waals surface area contributed by atoms with E-state index in [1.54, 1.807) is 36.4 Å². The van der Waals surface area contributed by atoms with E-state index in [0.29, 0.717) is 16.9 Å². The van der Waals surface area contributed by atoms with Crippen molar-refractivity contribution in [1.82, 2.24) is 4.90 Å². The number of amides is 2. The van der Waals surface area contributed by atoms with Gasteiger partial charge in [0, 0.05) is 15.6 Å². The number of rotatable bonds is 8. The highest BCUT2D eigenvalue weighted by atomic mass is 79.9. The molecule has 168 valence electrons. The fourth-order valence-corrected chi connectivity index (χ4v) is 3.95. The zero-order chi connectivity index (χ0) is 23.3. The Bertz CT molecular complexity index is 1070. The first-order valence-corrected chi connectivity index (χ1v) is 11.4. The first kappa shape index (κ1) is 24.0. The van der Waals surface area contributed by atoms with Crippen molar-refractivity contribution in [2.24, 2.45) is 5.92 Å². The Kier molecular flexibility index (Phi) is 8.09. The Labute approximate surface area is 197 Å². The van der Waals surface area contributed by atoms with Crippen LogP contribution in [0.1, 0.15) is 25.0 Å². The molecule has 0 radical (unpaired) electrons. The second-order valence-corrected chi connectivity index (χ2v) is 9.32. The Morgan fingerprint density at radius 1 is 1.22 bits per heavy atom. The molecule has 32 heavy (non-hydrogen) atoms. The Hall–Kier alpha value is -2.65. The van der Waals surface area contributed by atoms with Gasteiger partial charge in [-0.1, -0.05) is 48.0 Å². The lowest BCUT2D eigenvalue weighted by molar-refractivity contribution is -0.147. The van der Waals surface area contributed by atoms with Crippen LogP contribution >= 0.6 is 27.7 Å². The predicted octanol–water partition coefficient (Wildman–Crippen LogP) is 5.40. The molecule has 0 aliphatic carbocycles. The summed E-state index contributed by atoms with van der Waals surface area (Å²) in [5, 5.41) is -0.549. The van der Waals surface area contributed by atoms with Crippen LogP contribution in [0.5, 0.6) is 5.75 Å². The van der Waals surface area contributed by atoms with E-state index < -0.39 is 23.7 Å². The van der Waals surface area contributed by atoms with Gasteiger partial charge in [-0.25, -0.2) is 4.39 Å². The quantitative estimate of drug-likeness (QED) is 0.342. The molecule has 9 heteroatoms. The van der Waals surface area contributed by atoms with Gasteiger partial charge < -0.3 is 9.47 Å². The SMILES string of the molecule is CC(C)COC(=O)CN1C(=O)S/C(=C\c2cc(Br)ccc2OCc2ccccc2F)C1=O. The molecule has 0 N–H and O–H groups in total. The van der Waals surface area contributed by atoms with Crippen molar-refractivity contribution in [2.75, 3.05) is 13.2 Å². The van der Waals surface area contributed by atoms with Crippen molar-refractivity contribution < 1.29 is 28.2 Å². The fraction of sp³-hybridized carbons (Fsp3) is 0.261. The van der Waals surface area contributed by atoms with Crippen LogP contribution in [0.4, 0.5) is 9.18 Å². The summed E-state index contributed by atoms with van der Waals surface area (Å²) in [6.45, 7) is 3.55. The van der Waals surface area contributed by atoms with Crippen LogP contribution in [0.25, 0.3) is 6.08 Å². The molecule has 1 aliphatic heterocycles. The normalized spacial score (nSPS) is 15.0. The Morgan fingerprint density at radius 3 is 2.69 bits per heavy atom. The molecule has 6 nitrogen and oxygen atoms in total. The van der Waals surface area contributed by atoms with Crippen LogP contribution in [0, 0.1) is 11.7 Å². The summed E-state index contributed by atoms with van der Waals surface area (Å²) in [5.74, 6) is -1.04. The number of imide groups is 1. The van der Waals surface area contributed by atoms with Crippen LogP contribution in [0.15, 0.2) is 51.8 Å². The van der Waals surface area contributed by atoms with Gasteiger partial charge in [0.1, 0.15) is 24.7 Å². The highest BCUT2D eigenvalue weighted by molar-refractivity contribution is 9.10. The minimum absolute atomic E-state index is 0.00167. The van der Waals surface area contributed by atoms with Gasteiger partial charge in [0.15, 0.2) is 0 Å². The number of nitrogens with zero attached hydrogens (tertiary/aromatic N) is 1. The zero-order valence-electron chi connectivity index (χ0n) is 17.5. The fourth-order valence-electron chi connectivity index (χ4n) is 2.75. The summed E-state index contributed by atoms with van der Waals surface area (Å²) >= 11 is 4.11. The van der Waals surface area contributed by atoms with Crippen molar-refractivity contribution in [1.29, 1.82) is 0 Å². The first-order valence-electron chi connectivity index (χ1n) is 9.81. The van der Waals surface area contributed by atoms with Gasteiger partial charge in [0.05, 0.1) is 11.5 Å². The summed E-state index contributed by atoms with van der Waals surface area (Å²) in [6.07, 6.45) is 1.52. The summed E-state index contributed by atoms with van der Waals surface area (Å²) in [7, 11) is 0. The molecule has 1 fully saturated rings. The van der Waals surface area contributed by atoms with Crippen molar-refractivity contribution in [3.8, 4) is 5.75 Å². The van der Waals surface area contributed by atoms with Gasteiger partial charge in [-0.15, -0.1) is 0 Å². The third-order valence-electron chi connectivity index (χ3n) is 4.34. The molecular formula is C23H21BrFNO5S. The maximum absolute atomic E-state index is 13.9. The molecule has 0 spiro atoms. The molecule has 0 unspecified atom stereocenters. The van der Waals surface area contributed by atoms with Gasteiger partial charge >= 0.3 is 5.97 Å². The molecular weight excluding hydrogens is 501 g/mol. The van der Waals surface area contributed by atoms with Gasteiger partial charge in [-0.05, 0) is 48.0 Å². The highest BCUT2D eigenvalue weighted by Crippen LogP contribution is 2.35. The van der Waals surface area contributed by atoms with E-state index in [1.165, 1.54) is 12.1 Å². The van der Waals surface area contributed by atoms with E-state index in [1.807, 2.05) is 13.8 Å². The molecule has 3 rings (SSSR count). The monoisotopic (exact) mass is 521 g/mol. The van der Waals surface area contributed by atoms with Gasteiger partial charge in [-0.2, -0.15) is 0 Å². The lowest BCUT2D eigenvalue weighted by Gasteiger charge is -2.13. The summed E-state index contributed by atoms with van der Waals surface area (Å²) in [5.41, 5.74) is 0.921. The predicted molar refractivity (Wildman–Crippen MR) is 123 cm³/mol. The van der Waals surface area contributed by atoms with E-state index in [0.717, 1.165) is 21.1 Å². The molecule has 1 heterocycles. The van der Waals surface area contributed by atoms with Crippen molar-refractivity contribution in [2.45, 2.75) is 20.5 Å². The Morgan fingerprint density at radius 2 is 1.97 bits per heavy atom. The van der Waals surface area contributed by atoms with Gasteiger partial charge in [0.2, 0.25) is 0 Å². The van der Waals surface area contributed by atoms with Gasteiger partial charge in [0.25, 0.3) is 11.1 Å². The van der Waals surface area contributed by atoms with Crippen LogP contribution in [-0.4, -0.2) is 35.2 Å². The maximum atomic E-state index is 13.9. The molecule has 0 atom stereocenters. The van der Waals surface area contributed by atoms with Crippen molar-refractivity contribution >= 4 is 50.9 Å².